The van der Waals surface area contributed by atoms with E-state index in [1.807, 2.05) is 0 Å². The van der Waals surface area contributed by atoms with Crippen LogP contribution in [0, 0.1) is 11.7 Å². The van der Waals surface area contributed by atoms with Crippen LogP contribution < -0.4 is 11.1 Å². The molecule has 1 saturated heterocycles. The number of hydrogen-bond donors (Lipinski definition) is 2. The summed E-state index contributed by atoms with van der Waals surface area (Å²) in [6.07, 6.45) is 1.35. The third kappa shape index (κ3) is 4.68. The van der Waals surface area contributed by atoms with Gasteiger partial charge in [-0.2, -0.15) is 0 Å². The Hall–Kier alpha value is -1.66. The minimum Gasteiger partial charge on any atom is -0.396 e. The lowest BCUT2D eigenvalue weighted by Crippen LogP contribution is -2.30. The number of nitrogen functional groups attached to an aromatic ring is 1. The van der Waals surface area contributed by atoms with Crippen LogP contribution in [0.5, 0.6) is 0 Å². The van der Waals surface area contributed by atoms with E-state index in [2.05, 4.69) is 5.32 Å². The number of benzene rings is 1. The zero-order valence-electron chi connectivity index (χ0n) is 12.1. The first kappa shape index (κ1) is 15.7. The maximum absolute atomic E-state index is 13.0. The van der Waals surface area contributed by atoms with Gasteiger partial charge < -0.3 is 20.5 Å². The van der Waals surface area contributed by atoms with Crippen molar-refractivity contribution >= 4 is 17.3 Å². The molecule has 1 aromatic carbocycles. The normalized spacial score (nSPS) is 17.4. The first-order valence-corrected chi connectivity index (χ1v) is 7.11. The summed E-state index contributed by atoms with van der Waals surface area (Å²) < 4.78 is 23.9. The molecule has 1 aliphatic rings. The van der Waals surface area contributed by atoms with Gasteiger partial charge in [-0.05, 0) is 43.9 Å². The predicted octanol–water partition coefficient (Wildman–Crippen LogP) is 2.18. The number of anilines is 2. The van der Waals surface area contributed by atoms with Crippen LogP contribution in [0.4, 0.5) is 15.8 Å². The molecule has 0 radical (unpaired) electrons. The molecule has 0 saturated carbocycles. The van der Waals surface area contributed by atoms with Gasteiger partial charge in [-0.1, -0.05) is 0 Å². The molecular weight excluding hydrogens is 275 g/mol. The van der Waals surface area contributed by atoms with Crippen molar-refractivity contribution in [3.8, 4) is 0 Å². The number of ether oxygens (including phenoxy) is 2. The van der Waals surface area contributed by atoms with Crippen LogP contribution in [-0.4, -0.2) is 31.8 Å². The molecule has 5 nitrogen and oxygen atoms in total. The summed E-state index contributed by atoms with van der Waals surface area (Å²) >= 11 is 0. The Labute approximate surface area is 123 Å². The molecule has 116 valence electrons. The zero-order valence-corrected chi connectivity index (χ0v) is 12.1. The van der Waals surface area contributed by atoms with Crippen LogP contribution in [0.3, 0.4) is 0 Å². The van der Waals surface area contributed by atoms with Crippen molar-refractivity contribution in [3.05, 3.63) is 24.0 Å². The van der Waals surface area contributed by atoms with E-state index >= 15 is 0 Å². The highest BCUT2D eigenvalue weighted by Crippen LogP contribution is 2.18. The minimum atomic E-state index is -0.570. The Morgan fingerprint density at radius 1 is 1.52 bits per heavy atom. The monoisotopic (exact) mass is 296 g/mol. The van der Waals surface area contributed by atoms with Crippen molar-refractivity contribution in [3.63, 3.8) is 0 Å². The lowest BCUT2D eigenvalue weighted by molar-refractivity contribution is -0.127. The summed E-state index contributed by atoms with van der Waals surface area (Å²) in [5.41, 5.74) is 5.92. The van der Waals surface area contributed by atoms with E-state index in [0.29, 0.717) is 18.2 Å². The second kappa shape index (κ2) is 7.38. The molecule has 0 aliphatic carbocycles. The minimum absolute atomic E-state index is 0.00331. The third-order valence-corrected chi connectivity index (χ3v) is 3.56. The Kier molecular flexibility index (Phi) is 5.52. The molecule has 2 rings (SSSR count). The van der Waals surface area contributed by atoms with Crippen LogP contribution in [0.2, 0.25) is 0 Å². The number of rotatable bonds is 5. The Balaban J connectivity index is 1.80. The highest BCUT2D eigenvalue weighted by atomic mass is 19.1. The summed E-state index contributed by atoms with van der Waals surface area (Å²) in [6, 6.07) is 4.08. The number of nitrogens with two attached hydrogens (primary N) is 1. The molecule has 1 fully saturated rings. The van der Waals surface area contributed by atoms with E-state index in [1.165, 1.54) is 18.2 Å². The molecule has 1 aromatic rings. The molecule has 0 aromatic heterocycles. The van der Waals surface area contributed by atoms with Gasteiger partial charge in [0.2, 0.25) is 0 Å². The Bertz CT molecular complexity index is 490. The summed E-state index contributed by atoms with van der Waals surface area (Å²) in [6.45, 7) is 3.75. The van der Waals surface area contributed by atoms with Gasteiger partial charge in [0.05, 0.1) is 12.3 Å². The fourth-order valence-electron chi connectivity index (χ4n) is 2.13. The standard InChI is InChI=1S/C15H21FN2O3/c1-10(21-9-11-4-6-20-7-5-11)15(19)18-12-2-3-13(16)14(17)8-12/h2-3,8,10-11H,4-7,9,17H2,1H3,(H,18,19). The van der Waals surface area contributed by atoms with E-state index < -0.39 is 11.9 Å². The Morgan fingerprint density at radius 3 is 2.90 bits per heavy atom. The van der Waals surface area contributed by atoms with Crippen molar-refractivity contribution in [1.82, 2.24) is 0 Å². The largest absolute Gasteiger partial charge is 0.396 e. The average molecular weight is 296 g/mol. The van der Waals surface area contributed by atoms with Gasteiger partial charge in [0.15, 0.2) is 0 Å². The smallest absolute Gasteiger partial charge is 0.253 e. The highest BCUT2D eigenvalue weighted by Gasteiger charge is 2.19. The number of halogens is 1. The quantitative estimate of drug-likeness (QED) is 0.817. The molecule has 0 bridgehead atoms. The van der Waals surface area contributed by atoms with Crippen LogP contribution in [0.1, 0.15) is 19.8 Å². The molecule has 1 amide bonds. The van der Waals surface area contributed by atoms with E-state index in [9.17, 15) is 9.18 Å². The van der Waals surface area contributed by atoms with Gasteiger partial charge in [-0.15, -0.1) is 0 Å². The van der Waals surface area contributed by atoms with Gasteiger partial charge in [-0.3, -0.25) is 4.79 Å². The van der Waals surface area contributed by atoms with E-state index in [0.717, 1.165) is 26.1 Å². The van der Waals surface area contributed by atoms with Crippen molar-refractivity contribution in [2.45, 2.75) is 25.9 Å². The SMILES string of the molecule is CC(OCC1CCOCC1)C(=O)Nc1ccc(F)c(N)c1. The fourth-order valence-corrected chi connectivity index (χ4v) is 2.13. The number of nitrogens with one attached hydrogen (secondary N) is 1. The van der Waals surface area contributed by atoms with Crippen molar-refractivity contribution < 1.29 is 18.7 Å². The molecule has 21 heavy (non-hydrogen) atoms. The lowest BCUT2D eigenvalue weighted by atomic mass is 10.0. The summed E-state index contributed by atoms with van der Waals surface area (Å²) in [7, 11) is 0. The summed E-state index contributed by atoms with van der Waals surface area (Å²) in [5.74, 6) is -0.333. The molecular formula is C15H21FN2O3. The van der Waals surface area contributed by atoms with E-state index in [-0.39, 0.29) is 11.6 Å². The number of hydrogen-bond acceptors (Lipinski definition) is 4. The second-order valence-corrected chi connectivity index (χ2v) is 5.26. The van der Waals surface area contributed by atoms with Crippen LogP contribution in [-0.2, 0) is 14.3 Å². The number of carbonyl (C=O) groups excluding carboxylic acids is 1. The lowest BCUT2D eigenvalue weighted by Gasteiger charge is -2.23. The van der Waals surface area contributed by atoms with Gasteiger partial charge in [-0.25, -0.2) is 4.39 Å². The van der Waals surface area contributed by atoms with Crippen molar-refractivity contribution in [2.24, 2.45) is 5.92 Å². The molecule has 1 heterocycles. The van der Waals surface area contributed by atoms with Gasteiger partial charge in [0, 0.05) is 18.9 Å². The maximum atomic E-state index is 13.0. The highest BCUT2D eigenvalue weighted by molar-refractivity contribution is 5.94. The van der Waals surface area contributed by atoms with Gasteiger partial charge >= 0.3 is 0 Å². The van der Waals surface area contributed by atoms with Crippen molar-refractivity contribution in [1.29, 1.82) is 0 Å². The number of amides is 1. The topological polar surface area (TPSA) is 73.6 Å². The molecule has 1 aliphatic heterocycles. The summed E-state index contributed by atoms with van der Waals surface area (Å²) in [4.78, 5) is 12.0. The zero-order chi connectivity index (χ0) is 15.2. The first-order valence-electron chi connectivity index (χ1n) is 7.11. The van der Waals surface area contributed by atoms with Gasteiger partial charge in [0.1, 0.15) is 11.9 Å². The predicted molar refractivity (Wildman–Crippen MR) is 78.4 cm³/mol. The number of carbonyl (C=O) groups is 1. The van der Waals surface area contributed by atoms with E-state index in [1.54, 1.807) is 6.92 Å². The molecule has 1 unspecified atom stereocenters. The third-order valence-electron chi connectivity index (χ3n) is 3.56. The van der Waals surface area contributed by atoms with Crippen LogP contribution in [0.25, 0.3) is 0 Å². The van der Waals surface area contributed by atoms with Crippen LogP contribution >= 0.6 is 0 Å². The molecule has 6 heteroatoms. The molecule has 3 N–H and O–H groups in total. The average Bonchev–Trinajstić information content (AvgIpc) is 2.49. The summed E-state index contributed by atoms with van der Waals surface area (Å²) in [5, 5.41) is 2.66. The van der Waals surface area contributed by atoms with Crippen LogP contribution in [0.15, 0.2) is 18.2 Å². The maximum Gasteiger partial charge on any atom is 0.253 e. The first-order chi connectivity index (χ1) is 10.1. The van der Waals surface area contributed by atoms with E-state index in [4.69, 9.17) is 15.2 Å². The van der Waals surface area contributed by atoms with Crippen molar-refractivity contribution in [2.75, 3.05) is 30.9 Å². The fraction of sp³-hybridized carbons (Fsp3) is 0.533. The Morgan fingerprint density at radius 2 is 2.24 bits per heavy atom. The molecule has 0 spiro atoms. The second-order valence-electron chi connectivity index (χ2n) is 5.26. The molecule has 1 atom stereocenters. The van der Waals surface area contributed by atoms with Gasteiger partial charge in [0.25, 0.3) is 5.91 Å².